The number of aliphatic carboxylic acids is 1. The maximum atomic E-state index is 12.9. The molecule has 0 fully saturated rings. The summed E-state index contributed by atoms with van der Waals surface area (Å²) in [5.74, 6) is -3.12. The summed E-state index contributed by atoms with van der Waals surface area (Å²) in [5.41, 5.74) is 0.498. The van der Waals surface area contributed by atoms with E-state index in [0.717, 1.165) is 6.07 Å². The quantitative estimate of drug-likeness (QED) is 0.580. The Morgan fingerprint density at radius 1 is 1.33 bits per heavy atom. The Labute approximate surface area is 83.3 Å². The second kappa shape index (κ2) is 3.20. The van der Waals surface area contributed by atoms with Gasteiger partial charge in [-0.3, -0.25) is 4.79 Å². The number of H-pyrrole nitrogens is 1. The van der Waals surface area contributed by atoms with Gasteiger partial charge in [-0.1, -0.05) is 0 Å². The molecule has 2 N–H and O–H groups in total. The molecule has 0 saturated heterocycles. The SMILES string of the molecule is O=C(O)C(=O)c1c[nH]c2ccc(F)cc12. The summed E-state index contributed by atoms with van der Waals surface area (Å²) in [6.45, 7) is 0. The number of aromatic amines is 1. The number of carboxylic acids is 1. The van der Waals surface area contributed by atoms with E-state index in [2.05, 4.69) is 4.98 Å². The highest BCUT2D eigenvalue weighted by atomic mass is 19.1. The maximum Gasteiger partial charge on any atom is 0.377 e. The molecule has 0 aliphatic heterocycles. The molecule has 1 aromatic carbocycles. The van der Waals surface area contributed by atoms with Gasteiger partial charge < -0.3 is 10.1 Å². The fraction of sp³-hybridized carbons (Fsp3) is 0. The lowest BCUT2D eigenvalue weighted by Crippen LogP contribution is -2.11. The topological polar surface area (TPSA) is 70.2 Å². The minimum Gasteiger partial charge on any atom is -0.475 e. The van der Waals surface area contributed by atoms with Crippen LogP contribution in [0, 0.1) is 5.82 Å². The van der Waals surface area contributed by atoms with Gasteiger partial charge in [0.05, 0.1) is 5.56 Å². The summed E-state index contributed by atoms with van der Waals surface area (Å²) in [4.78, 5) is 24.4. The molecular formula is C10H6FNO3. The molecule has 1 heterocycles. The first kappa shape index (κ1) is 9.39. The number of rotatable bonds is 2. The minimum atomic E-state index is -1.56. The standard InChI is InChI=1S/C10H6FNO3/c11-5-1-2-8-6(3-5)7(4-12-8)9(13)10(14)15/h1-4,12H,(H,14,15). The Morgan fingerprint density at radius 3 is 2.73 bits per heavy atom. The van der Waals surface area contributed by atoms with Crippen LogP contribution in [0.2, 0.25) is 0 Å². The highest BCUT2D eigenvalue weighted by Gasteiger charge is 2.18. The first-order valence-corrected chi connectivity index (χ1v) is 4.14. The Hall–Kier alpha value is -2.17. The monoisotopic (exact) mass is 207 g/mol. The van der Waals surface area contributed by atoms with Crippen molar-refractivity contribution < 1.29 is 19.1 Å². The van der Waals surface area contributed by atoms with Gasteiger partial charge >= 0.3 is 5.97 Å². The molecule has 5 heteroatoms. The van der Waals surface area contributed by atoms with E-state index in [1.807, 2.05) is 0 Å². The van der Waals surface area contributed by atoms with Crippen LogP contribution in [-0.4, -0.2) is 21.8 Å². The van der Waals surface area contributed by atoms with E-state index in [1.165, 1.54) is 18.3 Å². The zero-order valence-corrected chi connectivity index (χ0v) is 7.45. The normalized spacial score (nSPS) is 10.5. The van der Waals surface area contributed by atoms with Gasteiger partial charge in [-0.05, 0) is 18.2 Å². The summed E-state index contributed by atoms with van der Waals surface area (Å²) < 4.78 is 12.9. The molecule has 0 amide bonds. The number of carbonyl (C=O) groups is 2. The van der Waals surface area contributed by atoms with Crippen LogP contribution in [0.1, 0.15) is 10.4 Å². The number of aromatic nitrogens is 1. The van der Waals surface area contributed by atoms with Crippen molar-refractivity contribution in [3.05, 3.63) is 35.8 Å². The lowest BCUT2D eigenvalue weighted by atomic mass is 10.1. The second-order valence-corrected chi connectivity index (χ2v) is 3.03. The molecule has 0 saturated carbocycles. The number of carbonyl (C=O) groups excluding carboxylic acids is 1. The third-order valence-corrected chi connectivity index (χ3v) is 2.08. The molecule has 0 bridgehead atoms. The molecule has 0 unspecified atom stereocenters. The minimum absolute atomic E-state index is 0.0306. The summed E-state index contributed by atoms with van der Waals surface area (Å²) >= 11 is 0. The number of benzene rings is 1. The zero-order chi connectivity index (χ0) is 11.0. The molecule has 4 nitrogen and oxygen atoms in total. The van der Waals surface area contributed by atoms with E-state index in [1.54, 1.807) is 0 Å². The van der Waals surface area contributed by atoms with Crippen molar-refractivity contribution in [1.29, 1.82) is 0 Å². The number of ketones is 1. The van der Waals surface area contributed by atoms with E-state index in [9.17, 15) is 14.0 Å². The van der Waals surface area contributed by atoms with Gasteiger partial charge in [0.25, 0.3) is 5.78 Å². The van der Waals surface area contributed by atoms with Gasteiger partial charge in [0.15, 0.2) is 0 Å². The second-order valence-electron chi connectivity index (χ2n) is 3.03. The highest BCUT2D eigenvalue weighted by Crippen LogP contribution is 2.19. The van der Waals surface area contributed by atoms with E-state index in [4.69, 9.17) is 5.11 Å². The number of fused-ring (bicyclic) bond motifs is 1. The molecule has 0 atom stereocenters. The summed E-state index contributed by atoms with van der Waals surface area (Å²) in [5, 5.41) is 8.81. The molecule has 0 aliphatic carbocycles. The van der Waals surface area contributed by atoms with Crippen molar-refractivity contribution in [2.45, 2.75) is 0 Å². The predicted molar refractivity (Wildman–Crippen MR) is 50.2 cm³/mol. The molecule has 76 valence electrons. The summed E-state index contributed by atoms with van der Waals surface area (Å²) in [7, 11) is 0. The third kappa shape index (κ3) is 1.48. The van der Waals surface area contributed by atoms with Crippen LogP contribution in [-0.2, 0) is 4.79 Å². The molecule has 0 spiro atoms. The maximum absolute atomic E-state index is 12.9. The fourth-order valence-electron chi connectivity index (χ4n) is 1.40. The third-order valence-electron chi connectivity index (χ3n) is 2.08. The number of halogens is 1. The first-order valence-electron chi connectivity index (χ1n) is 4.14. The van der Waals surface area contributed by atoms with E-state index >= 15 is 0 Å². The lowest BCUT2D eigenvalue weighted by Gasteiger charge is -1.93. The van der Waals surface area contributed by atoms with E-state index in [0.29, 0.717) is 5.52 Å². The van der Waals surface area contributed by atoms with Crippen LogP contribution in [0.15, 0.2) is 24.4 Å². The number of hydrogen-bond acceptors (Lipinski definition) is 2. The van der Waals surface area contributed by atoms with Crippen molar-refractivity contribution in [3.8, 4) is 0 Å². The Kier molecular flexibility index (Phi) is 2.00. The highest BCUT2D eigenvalue weighted by molar-refractivity contribution is 6.42. The van der Waals surface area contributed by atoms with E-state index in [-0.39, 0.29) is 10.9 Å². The Morgan fingerprint density at radius 2 is 2.07 bits per heavy atom. The van der Waals surface area contributed by atoms with Crippen LogP contribution in [0.4, 0.5) is 4.39 Å². The zero-order valence-electron chi connectivity index (χ0n) is 7.45. The van der Waals surface area contributed by atoms with Crippen molar-refractivity contribution in [1.82, 2.24) is 4.98 Å². The smallest absolute Gasteiger partial charge is 0.377 e. The lowest BCUT2D eigenvalue weighted by molar-refractivity contribution is -0.131. The number of Topliss-reactive ketones (excluding diaryl/α,β-unsaturated/α-hetero) is 1. The van der Waals surface area contributed by atoms with Gasteiger partial charge in [0.1, 0.15) is 5.82 Å². The van der Waals surface area contributed by atoms with Crippen molar-refractivity contribution in [2.75, 3.05) is 0 Å². The molecular weight excluding hydrogens is 201 g/mol. The van der Waals surface area contributed by atoms with Crippen LogP contribution < -0.4 is 0 Å². The van der Waals surface area contributed by atoms with Gasteiger partial charge in [0.2, 0.25) is 0 Å². The van der Waals surface area contributed by atoms with Crippen molar-refractivity contribution >= 4 is 22.7 Å². The van der Waals surface area contributed by atoms with Crippen LogP contribution in [0.5, 0.6) is 0 Å². The van der Waals surface area contributed by atoms with Gasteiger partial charge in [0, 0.05) is 17.1 Å². The molecule has 15 heavy (non-hydrogen) atoms. The van der Waals surface area contributed by atoms with Crippen molar-refractivity contribution in [2.24, 2.45) is 0 Å². The average Bonchev–Trinajstić information content (AvgIpc) is 2.59. The van der Waals surface area contributed by atoms with E-state index < -0.39 is 17.6 Å². The number of carboxylic acid groups (broad SMARTS) is 1. The van der Waals surface area contributed by atoms with Crippen LogP contribution in [0.25, 0.3) is 10.9 Å². The number of hydrogen-bond donors (Lipinski definition) is 2. The molecule has 0 aliphatic rings. The summed E-state index contributed by atoms with van der Waals surface area (Å²) in [6.07, 6.45) is 1.26. The van der Waals surface area contributed by atoms with Gasteiger partial charge in [-0.15, -0.1) is 0 Å². The Balaban J connectivity index is 2.67. The van der Waals surface area contributed by atoms with Crippen molar-refractivity contribution in [3.63, 3.8) is 0 Å². The molecule has 2 rings (SSSR count). The molecule has 1 aromatic heterocycles. The van der Waals surface area contributed by atoms with Gasteiger partial charge in [-0.2, -0.15) is 0 Å². The first-order chi connectivity index (χ1) is 7.09. The average molecular weight is 207 g/mol. The molecule has 2 aromatic rings. The van der Waals surface area contributed by atoms with Crippen LogP contribution in [0.3, 0.4) is 0 Å². The fourth-order valence-corrected chi connectivity index (χ4v) is 1.40. The summed E-state index contributed by atoms with van der Waals surface area (Å²) in [6, 6.07) is 3.80. The molecule has 0 radical (unpaired) electrons. The predicted octanol–water partition coefficient (Wildman–Crippen LogP) is 1.57. The largest absolute Gasteiger partial charge is 0.475 e. The Bertz CT molecular complexity index is 559. The van der Waals surface area contributed by atoms with Gasteiger partial charge in [-0.25, -0.2) is 9.18 Å². The van der Waals surface area contributed by atoms with Crippen LogP contribution >= 0.6 is 0 Å². The number of nitrogens with one attached hydrogen (secondary N) is 1.